The second kappa shape index (κ2) is 9.47. The van der Waals surface area contributed by atoms with E-state index >= 15 is 0 Å². The number of hydrogen-bond acceptors (Lipinski definition) is 8. The molecule has 2 aromatic rings. The molecule has 0 bridgehead atoms. The molecule has 27 heavy (non-hydrogen) atoms. The molecule has 1 N–H and O–H groups in total. The van der Waals surface area contributed by atoms with Crippen molar-refractivity contribution in [1.82, 2.24) is 4.98 Å². The lowest BCUT2D eigenvalue weighted by atomic mass is 10.1. The van der Waals surface area contributed by atoms with Crippen LogP contribution in [0.5, 0.6) is 0 Å². The first kappa shape index (κ1) is 20.8. The summed E-state index contributed by atoms with van der Waals surface area (Å²) < 4.78 is 5.51. The summed E-state index contributed by atoms with van der Waals surface area (Å²) in [6.07, 6.45) is 0.0891. The quantitative estimate of drug-likeness (QED) is 0.307. The van der Waals surface area contributed by atoms with Gasteiger partial charge in [-0.05, 0) is 31.9 Å². The van der Waals surface area contributed by atoms with Crippen LogP contribution < -0.4 is 5.32 Å². The number of esters is 1. The van der Waals surface area contributed by atoms with Gasteiger partial charge in [-0.2, -0.15) is 0 Å². The van der Waals surface area contributed by atoms with Gasteiger partial charge < -0.3 is 10.1 Å². The highest BCUT2D eigenvalue weighted by molar-refractivity contribution is 8.01. The minimum absolute atomic E-state index is 0.0525. The fourth-order valence-corrected chi connectivity index (χ4v) is 3.85. The summed E-state index contributed by atoms with van der Waals surface area (Å²) in [6.45, 7) is 5.60. The number of amides is 1. The predicted octanol–water partition coefficient (Wildman–Crippen LogP) is 3.50. The SMILES string of the molecule is CCOC(=O)Cc1csc(SCC(=O)Nc2c([N+](=O)[O-])ccc(C)c2C)n1. The van der Waals surface area contributed by atoms with E-state index in [9.17, 15) is 19.7 Å². The average molecular weight is 409 g/mol. The van der Waals surface area contributed by atoms with Crippen LogP contribution in [0.15, 0.2) is 21.9 Å². The molecule has 0 saturated heterocycles. The number of carbonyl (C=O) groups excluding carboxylic acids is 2. The number of ether oxygens (including phenoxy) is 1. The number of nitrogens with zero attached hydrogens (tertiary/aromatic N) is 2. The monoisotopic (exact) mass is 409 g/mol. The molecule has 8 nitrogen and oxygen atoms in total. The zero-order chi connectivity index (χ0) is 20.0. The largest absolute Gasteiger partial charge is 0.466 e. The fourth-order valence-electron chi connectivity index (χ4n) is 2.21. The number of benzene rings is 1. The third kappa shape index (κ3) is 5.76. The highest BCUT2D eigenvalue weighted by Gasteiger charge is 2.19. The van der Waals surface area contributed by atoms with Crippen LogP contribution in [0.25, 0.3) is 0 Å². The van der Waals surface area contributed by atoms with E-state index in [0.717, 1.165) is 5.56 Å². The van der Waals surface area contributed by atoms with Gasteiger partial charge >= 0.3 is 5.97 Å². The van der Waals surface area contributed by atoms with Crippen LogP contribution in [0.3, 0.4) is 0 Å². The van der Waals surface area contributed by atoms with Crippen molar-refractivity contribution < 1.29 is 19.2 Å². The fraction of sp³-hybridized carbons (Fsp3) is 0.353. The van der Waals surface area contributed by atoms with E-state index in [4.69, 9.17) is 4.74 Å². The lowest BCUT2D eigenvalue weighted by Gasteiger charge is -2.10. The van der Waals surface area contributed by atoms with E-state index in [1.165, 1.54) is 29.2 Å². The second-order valence-electron chi connectivity index (χ2n) is 5.58. The number of thioether (sulfide) groups is 1. The van der Waals surface area contributed by atoms with E-state index in [1.54, 1.807) is 25.3 Å². The lowest BCUT2D eigenvalue weighted by Crippen LogP contribution is -2.16. The maximum absolute atomic E-state index is 12.2. The van der Waals surface area contributed by atoms with E-state index in [-0.39, 0.29) is 35.4 Å². The molecule has 0 fully saturated rings. The standard InChI is InChI=1S/C17H19N3O5S2/c1-4-25-15(22)7-12-8-26-17(18-12)27-9-14(21)19-16-11(3)10(2)5-6-13(16)20(23)24/h5-6,8H,4,7,9H2,1-3H3,(H,19,21). The van der Waals surface area contributed by atoms with E-state index in [2.05, 4.69) is 10.3 Å². The Morgan fingerprint density at radius 3 is 2.78 bits per heavy atom. The van der Waals surface area contributed by atoms with Crippen molar-refractivity contribution >= 4 is 46.3 Å². The summed E-state index contributed by atoms with van der Waals surface area (Å²) >= 11 is 2.53. The molecule has 1 heterocycles. The summed E-state index contributed by atoms with van der Waals surface area (Å²) in [5.74, 6) is -0.657. The number of rotatable bonds is 8. The summed E-state index contributed by atoms with van der Waals surface area (Å²) in [6, 6.07) is 3.03. The molecule has 1 amide bonds. The van der Waals surface area contributed by atoms with Gasteiger partial charge in [-0.1, -0.05) is 17.8 Å². The molecule has 0 atom stereocenters. The number of hydrogen-bond donors (Lipinski definition) is 1. The topological polar surface area (TPSA) is 111 Å². The van der Waals surface area contributed by atoms with Gasteiger partial charge in [-0.3, -0.25) is 19.7 Å². The smallest absolute Gasteiger partial charge is 0.311 e. The molecular formula is C17H19N3O5S2. The third-order valence-electron chi connectivity index (χ3n) is 3.66. The summed E-state index contributed by atoms with van der Waals surface area (Å²) in [5.41, 5.74) is 2.18. The molecule has 0 unspecified atom stereocenters. The van der Waals surface area contributed by atoms with Crippen molar-refractivity contribution in [3.05, 3.63) is 44.4 Å². The molecule has 0 aliphatic carbocycles. The average Bonchev–Trinajstić information content (AvgIpc) is 3.04. The highest BCUT2D eigenvalue weighted by Crippen LogP contribution is 2.31. The van der Waals surface area contributed by atoms with Crippen molar-refractivity contribution in [2.45, 2.75) is 31.5 Å². The zero-order valence-electron chi connectivity index (χ0n) is 15.1. The van der Waals surface area contributed by atoms with E-state index < -0.39 is 4.92 Å². The molecule has 1 aromatic carbocycles. The summed E-state index contributed by atoms with van der Waals surface area (Å²) in [4.78, 5) is 38.6. The normalized spacial score (nSPS) is 10.5. The van der Waals surface area contributed by atoms with Crippen LogP contribution >= 0.6 is 23.1 Å². The van der Waals surface area contributed by atoms with Gasteiger partial charge in [0.15, 0.2) is 4.34 Å². The van der Waals surface area contributed by atoms with E-state index in [0.29, 0.717) is 22.2 Å². The first-order valence-corrected chi connectivity index (χ1v) is 9.95. The number of nitro groups is 1. The molecule has 0 spiro atoms. The van der Waals surface area contributed by atoms with Gasteiger partial charge in [-0.15, -0.1) is 11.3 Å². The van der Waals surface area contributed by atoms with Gasteiger partial charge in [-0.25, -0.2) is 4.98 Å². The highest BCUT2D eigenvalue weighted by atomic mass is 32.2. The van der Waals surface area contributed by atoms with Gasteiger partial charge in [0.05, 0.1) is 29.4 Å². The Bertz CT molecular complexity index is 866. The maximum Gasteiger partial charge on any atom is 0.311 e. The lowest BCUT2D eigenvalue weighted by molar-refractivity contribution is -0.384. The number of aromatic nitrogens is 1. The second-order valence-corrected chi connectivity index (χ2v) is 7.66. The number of anilines is 1. The van der Waals surface area contributed by atoms with Gasteiger partial charge in [0, 0.05) is 11.4 Å². The predicted molar refractivity (Wildman–Crippen MR) is 104 cm³/mol. The minimum Gasteiger partial charge on any atom is -0.466 e. The molecule has 1 aromatic heterocycles. The van der Waals surface area contributed by atoms with Gasteiger partial charge in [0.1, 0.15) is 5.69 Å². The molecule has 0 aliphatic heterocycles. The molecule has 2 rings (SSSR count). The first-order valence-electron chi connectivity index (χ1n) is 8.09. The third-order valence-corrected chi connectivity index (χ3v) is 5.73. The van der Waals surface area contributed by atoms with Crippen molar-refractivity contribution in [1.29, 1.82) is 0 Å². The Balaban J connectivity index is 1.98. The zero-order valence-corrected chi connectivity index (χ0v) is 16.7. The molecule has 10 heteroatoms. The first-order chi connectivity index (χ1) is 12.8. The number of carbonyl (C=O) groups is 2. The van der Waals surface area contributed by atoms with Crippen LogP contribution in [0.2, 0.25) is 0 Å². The molecule has 0 radical (unpaired) electrons. The van der Waals surface area contributed by atoms with Crippen LogP contribution in [0.1, 0.15) is 23.7 Å². The molecular weight excluding hydrogens is 390 g/mol. The number of thiazole rings is 1. The maximum atomic E-state index is 12.2. The molecule has 0 aliphatic rings. The van der Waals surface area contributed by atoms with Gasteiger partial charge in [0.2, 0.25) is 5.91 Å². The Hall–Kier alpha value is -2.46. The number of aryl methyl sites for hydroxylation is 1. The van der Waals surface area contributed by atoms with Crippen molar-refractivity contribution in [3.8, 4) is 0 Å². The summed E-state index contributed by atoms with van der Waals surface area (Å²) in [7, 11) is 0. The summed E-state index contributed by atoms with van der Waals surface area (Å²) in [5, 5.41) is 15.6. The van der Waals surface area contributed by atoms with Crippen LogP contribution in [-0.4, -0.2) is 34.1 Å². The number of nitrogens with one attached hydrogen (secondary N) is 1. The van der Waals surface area contributed by atoms with Gasteiger partial charge in [0.25, 0.3) is 5.69 Å². The minimum atomic E-state index is -0.516. The Morgan fingerprint density at radius 2 is 2.11 bits per heavy atom. The van der Waals surface area contributed by atoms with Crippen molar-refractivity contribution in [2.75, 3.05) is 17.7 Å². The Morgan fingerprint density at radius 1 is 1.37 bits per heavy atom. The van der Waals surface area contributed by atoms with E-state index in [1.807, 2.05) is 6.92 Å². The molecule has 0 saturated carbocycles. The Kier molecular flexibility index (Phi) is 7.31. The molecule has 144 valence electrons. The van der Waals surface area contributed by atoms with Crippen molar-refractivity contribution in [3.63, 3.8) is 0 Å². The van der Waals surface area contributed by atoms with Crippen molar-refractivity contribution in [2.24, 2.45) is 0 Å². The number of nitro benzene ring substituents is 1. The van der Waals surface area contributed by atoms with Crippen LogP contribution in [0, 0.1) is 24.0 Å². The van der Waals surface area contributed by atoms with Crippen LogP contribution in [-0.2, 0) is 20.7 Å². The Labute approximate surface area is 164 Å². The van der Waals surface area contributed by atoms with Crippen LogP contribution in [0.4, 0.5) is 11.4 Å².